The fourth-order valence-corrected chi connectivity index (χ4v) is 4.27. The van der Waals surface area contributed by atoms with Crippen molar-refractivity contribution in [3.63, 3.8) is 0 Å². The van der Waals surface area contributed by atoms with Gasteiger partial charge in [0.2, 0.25) is 5.75 Å². The summed E-state index contributed by atoms with van der Waals surface area (Å²) in [6.45, 7) is -0.835. The summed E-state index contributed by atoms with van der Waals surface area (Å²) in [6.07, 6.45) is 2.96. The molecule has 1 saturated carbocycles. The summed E-state index contributed by atoms with van der Waals surface area (Å²) >= 11 is 12.2. The highest BCUT2D eigenvalue weighted by molar-refractivity contribution is 6.43. The van der Waals surface area contributed by atoms with Crippen molar-refractivity contribution in [1.82, 2.24) is 9.55 Å². The summed E-state index contributed by atoms with van der Waals surface area (Å²) in [5.41, 5.74) is 1.59. The van der Waals surface area contributed by atoms with Gasteiger partial charge in [-0.15, -0.1) is 0 Å². The summed E-state index contributed by atoms with van der Waals surface area (Å²) in [6, 6.07) is 5.86. The van der Waals surface area contributed by atoms with E-state index in [1.807, 2.05) is 0 Å². The second-order valence-electron chi connectivity index (χ2n) is 7.90. The number of ether oxygens (including phenoxy) is 1. The van der Waals surface area contributed by atoms with Gasteiger partial charge in [0.1, 0.15) is 10.2 Å². The number of hydrogen-bond acceptors (Lipinski definition) is 5. The van der Waals surface area contributed by atoms with Gasteiger partial charge in [0.15, 0.2) is 6.61 Å². The van der Waals surface area contributed by atoms with Crippen molar-refractivity contribution in [3.8, 4) is 5.75 Å². The lowest BCUT2D eigenvalue weighted by molar-refractivity contribution is -0.0579. The van der Waals surface area contributed by atoms with E-state index >= 15 is 0 Å². The summed E-state index contributed by atoms with van der Waals surface area (Å²) in [4.78, 5) is 16.8. The van der Waals surface area contributed by atoms with Gasteiger partial charge >= 0.3 is 5.92 Å². The van der Waals surface area contributed by atoms with Crippen molar-refractivity contribution in [2.24, 2.45) is 13.0 Å². The summed E-state index contributed by atoms with van der Waals surface area (Å²) < 4.78 is 36.2. The second-order valence-corrected chi connectivity index (χ2v) is 8.63. The van der Waals surface area contributed by atoms with Gasteiger partial charge in [-0.2, -0.15) is 0 Å². The van der Waals surface area contributed by atoms with Crippen molar-refractivity contribution in [3.05, 3.63) is 51.0 Å². The van der Waals surface area contributed by atoms with Crippen LogP contribution >= 0.6 is 23.2 Å². The quantitative estimate of drug-likeness (QED) is 0.519. The predicted octanol–water partition coefficient (Wildman–Crippen LogP) is 5.20. The molecule has 1 aromatic carbocycles. The Labute approximate surface area is 186 Å². The fourth-order valence-electron chi connectivity index (χ4n) is 3.96. The SMILES string of the molecule is Cn1c(=O)c2c(c3cc(Nc4ccnc(Cl)c4Cl)ccc31)NC(C1CC1)C(F)(F)CO2. The maximum absolute atomic E-state index is 14.7. The zero-order valence-corrected chi connectivity index (χ0v) is 17.9. The van der Waals surface area contributed by atoms with Crippen LogP contribution in [0, 0.1) is 5.92 Å². The predicted molar refractivity (Wildman–Crippen MR) is 117 cm³/mol. The molecule has 162 valence electrons. The van der Waals surface area contributed by atoms with Crippen molar-refractivity contribution >= 4 is 51.2 Å². The van der Waals surface area contributed by atoms with E-state index in [-0.39, 0.29) is 27.5 Å². The highest BCUT2D eigenvalue weighted by Crippen LogP contribution is 2.45. The number of hydrogen-bond donors (Lipinski definition) is 2. The van der Waals surface area contributed by atoms with E-state index in [0.717, 1.165) is 12.8 Å². The maximum Gasteiger partial charge on any atom is 0.301 e. The summed E-state index contributed by atoms with van der Waals surface area (Å²) in [5.74, 6) is -3.34. The molecule has 3 aromatic rings. The first-order valence-corrected chi connectivity index (χ1v) is 10.5. The Hall–Kier alpha value is -2.58. The summed E-state index contributed by atoms with van der Waals surface area (Å²) in [5, 5.41) is 7.13. The number of anilines is 3. The molecule has 0 bridgehead atoms. The number of aryl methyl sites for hydroxylation is 1. The lowest BCUT2D eigenvalue weighted by Gasteiger charge is -2.25. The first kappa shape index (κ1) is 20.3. The van der Waals surface area contributed by atoms with Gasteiger partial charge in [-0.3, -0.25) is 4.79 Å². The molecule has 2 N–H and O–H groups in total. The minimum Gasteiger partial charge on any atom is -0.480 e. The van der Waals surface area contributed by atoms with Crippen LogP contribution in [0.2, 0.25) is 10.2 Å². The Morgan fingerprint density at radius 1 is 1.29 bits per heavy atom. The average Bonchev–Trinajstić information content (AvgIpc) is 3.57. The molecule has 2 aromatic heterocycles. The van der Waals surface area contributed by atoms with Gasteiger partial charge in [-0.25, -0.2) is 13.8 Å². The highest BCUT2D eigenvalue weighted by atomic mass is 35.5. The first-order valence-electron chi connectivity index (χ1n) is 9.77. The lowest BCUT2D eigenvalue weighted by atomic mass is 10.0. The number of nitrogens with zero attached hydrogens (tertiary/aromatic N) is 2. The molecule has 0 saturated heterocycles. The number of halogens is 4. The Balaban J connectivity index is 1.65. The molecule has 1 aliphatic heterocycles. The number of aromatic nitrogens is 2. The molecule has 6 nitrogen and oxygen atoms in total. The van der Waals surface area contributed by atoms with Crippen LogP contribution in [-0.4, -0.2) is 28.1 Å². The smallest absolute Gasteiger partial charge is 0.301 e. The van der Waals surface area contributed by atoms with Gasteiger partial charge in [0.05, 0.1) is 22.9 Å². The van der Waals surface area contributed by atoms with Crippen LogP contribution in [0.3, 0.4) is 0 Å². The van der Waals surface area contributed by atoms with Crippen molar-refractivity contribution < 1.29 is 13.5 Å². The second kappa shape index (κ2) is 7.24. The normalized spacial score (nSPS) is 19.8. The molecular weight excluding hydrogens is 449 g/mol. The van der Waals surface area contributed by atoms with Crippen molar-refractivity contribution in [2.75, 3.05) is 17.2 Å². The van der Waals surface area contributed by atoms with Crippen LogP contribution in [-0.2, 0) is 7.05 Å². The third-order valence-corrected chi connectivity index (χ3v) is 6.50. The molecular formula is C21H18Cl2F2N4O2. The molecule has 0 amide bonds. The third-order valence-electron chi connectivity index (χ3n) is 5.74. The highest BCUT2D eigenvalue weighted by Gasteiger charge is 2.51. The van der Waals surface area contributed by atoms with Crippen molar-refractivity contribution in [2.45, 2.75) is 24.8 Å². The zero-order valence-electron chi connectivity index (χ0n) is 16.4. The molecule has 0 radical (unpaired) electrons. The Morgan fingerprint density at radius 3 is 2.81 bits per heavy atom. The van der Waals surface area contributed by atoms with E-state index < -0.39 is 24.1 Å². The lowest BCUT2D eigenvalue weighted by Crippen LogP contribution is -2.44. The van der Waals surface area contributed by atoms with Crippen molar-refractivity contribution in [1.29, 1.82) is 0 Å². The van der Waals surface area contributed by atoms with Gasteiger partial charge in [0.25, 0.3) is 5.56 Å². The van der Waals surface area contributed by atoms with Crippen LogP contribution in [0.25, 0.3) is 10.9 Å². The van der Waals surface area contributed by atoms with Gasteiger partial charge in [0, 0.05) is 24.3 Å². The van der Waals surface area contributed by atoms with Crippen LogP contribution in [0.15, 0.2) is 35.3 Å². The third kappa shape index (κ3) is 3.47. The maximum atomic E-state index is 14.7. The largest absolute Gasteiger partial charge is 0.480 e. The molecule has 1 unspecified atom stereocenters. The van der Waals surface area contributed by atoms with Gasteiger partial charge in [-0.05, 0) is 43.0 Å². The molecule has 3 heterocycles. The fraction of sp³-hybridized carbons (Fsp3) is 0.333. The van der Waals surface area contributed by atoms with Crippen LogP contribution < -0.4 is 20.9 Å². The standard InChI is InChI=1S/C21H18Cl2F2N4O2/c1-29-14-5-4-11(27-13-6-7-26-19(23)15(13)22)8-12(14)16-17(20(29)30)31-9-21(24,25)18(28-16)10-2-3-10/h4-8,10,18,28H,2-3,9H2,1H3,(H,26,27). The van der Waals surface area contributed by atoms with E-state index in [1.54, 1.807) is 31.3 Å². The Kier molecular flexibility index (Phi) is 4.75. The molecule has 1 atom stereocenters. The van der Waals surface area contributed by atoms with Crippen LogP contribution in [0.4, 0.5) is 25.8 Å². The van der Waals surface area contributed by atoms with E-state index in [0.29, 0.717) is 22.3 Å². The number of pyridine rings is 2. The minimum absolute atomic E-state index is 0.0973. The minimum atomic E-state index is -3.09. The number of rotatable bonds is 3. The van der Waals surface area contributed by atoms with Crippen LogP contribution in [0.1, 0.15) is 12.8 Å². The number of benzene rings is 1. The zero-order chi connectivity index (χ0) is 21.9. The molecule has 0 spiro atoms. The van der Waals surface area contributed by atoms with E-state index in [4.69, 9.17) is 27.9 Å². The summed E-state index contributed by atoms with van der Waals surface area (Å²) in [7, 11) is 1.59. The molecule has 1 aliphatic carbocycles. The Morgan fingerprint density at radius 2 is 2.06 bits per heavy atom. The number of nitrogens with one attached hydrogen (secondary N) is 2. The number of alkyl halides is 2. The molecule has 1 fully saturated rings. The Bertz CT molecular complexity index is 1260. The van der Waals surface area contributed by atoms with Gasteiger partial charge < -0.3 is 19.9 Å². The molecule has 31 heavy (non-hydrogen) atoms. The first-order chi connectivity index (χ1) is 14.8. The van der Waals surface area contributed by atoms with E-state index in [1.165, 1.54) is 10.8 Å². The molecule has 10 heteroatoms. The van der Waals surface area contributed by atoms with Gasteiger partial charge in [-0.1, -0.05) is 23.2 Å². The van der Waals surface area contributed by atoms with Crippen LogP contribution in [0.5, 0.6) is 5.75 Å². The number of fused-ring (bicyclic) bond motifs is 3. The molecule has 5 rings (SSSR count). The topological polar surface area (TPSA) is 68.2 Å². The van der Waals surface area contributed by atoms with E-state index in [2.05, 4.69) is 15.6 Å². The molecule has 2 aliphatic rings. The van der Waals surface area contributed by atoms with E-state index in [9.17, 15) is 13.6 Å². The monoisotopic (exact) mass is 466 g/mol. The average molecular weight is 467 g/mol.